The van der Waals surface area contributed by atoms with Gasteiger partial charge in [0.25, 0.3) is 5.56 Å². The van der Waals surface area contributed by atoms with Gasteiger partial charge in [-0.1, -0.05) is 29.3 Å². The number of nitrogens with one attached hydrogen (secondary N) is 1. The van der Waals surface area contributed by atoms with E-state index in [-0.39, 0.29) is 16.4 Å². The average molecular weight is 498 g/mol. The topological polar surface area (TPSA) is 110 Å². The molecule has 0 bridgehead atoms. The number of pyridine rings is 2. The van der Waals surface area contributed by atoms with E-state index in [4.69, 9.17) is 28.2 Å². The molecule has 0 saturated carbocycles. The Bertz CT molecular complexity index is 1520. The number of aromatic carboxylic acids is 1. The molecule has 2 N–H and O–H groups in total. The summed E-state index contributed by atoms with van der Waals surface area (Å²) < 4.78 is 1.49. The zero-order valence-corrected chi connectivity index (χ0v) is 20.4. The first-order chi connectivity index (χ1) is 16.1. The smallest absolute Gasteiger partial charge is 0.356 e. The molecule has 0 fully saturated rings. The molecule has 0 aliphatic carbocycles. The Morgan fingerprint density at radius 2 is 1.88 bits per heavy atom. The normalized spacial score (nSPS) is 12.1. The first-order valence-electron chi connectivity index (χ1n) is 10.4. The number of benzene rings is 1. The molecule has 4 rings (SSSR count). The lowest BCUT2D eigenvalue weighted by molar-refractivity contribution is 0.0691. The van der Waals surface area contributed by atoms with Crippen molar-refractivity contribution < 1.29 is 9.90 Å². The molecule has 0 amide bonds. The van der Waals surface area contributed by atoms with Gasteiger partial charge in [-0.3, -0.25) is 9.36 Å². The summed E-state index contributed by atoms with van der Waals surface area (Å²) in [5.74, 6) is -0.757. The molecule has 0 radical (unpaired) electrons. The first-order valence-corrected chi connectivity index (χ1v) is 11.1. The van der Waals surface area contributed by atoms with E-state index in [1.165, 1.54) is 10.6 Å². The predicted octanol–water partition coefficient (Wildman–Crippen LogP) is 5.19. The van der Waals surface area contributed by atoms with E-state index >= 15 is 0 Å². The van der Waals surface area contributed by atoms with Crippen molar-refractivity contribution in [3.05, 3.63) is 79.6 Å². The van der Waals surface area contributed by atoms with Crippen LogP contribution in [-0.4, -0.2) is 30.6 Å². The minimum atomic E-state index is -1.20. The second kappa shape index (κ2) is 9.04. The monoisotopic (exact) mass is 497 g/mol. The molecule has 174 valence electrons. The minimum Gasteiger partial charge on any atom is -0.476 e. The molecule has 34 heavy (non-hydrogen) atoms. The fourth-order valence-corrected chi connectivity index (χ4v) is 4.10. The van der Waals surface area contributed by atoms with Gasteiger partial charge in [0.15, 0.2) is 5.69 Å². The van der Waals surface area contributed by atoms with E-state index in [9.17, 15) is 14.7 Å². The number of aromatic nitrogens is 4. The Kier molecular flexibility index (Phi) is 6.29. The summed E-state index contributed by atoms with van der Waals surface area (Å²) in [6, 6.07) is 8.22. The number of nitrogens with zero attached hydrogens (tertiary/aromatic N) is 4. The molecule has 0 aliphatic heterocycles. The highest BCUT2D eigenvalue weighted by atomic mass is 35.5. The molecule has 0 spiro atoms. The second-order valence-corrected chi connectivity index (χ2v) is 8.83. The number of hydrogen-bond acceptors (Lipinski definition) is 6. The highest BCUT2D eigenvalue weighted by Crippen LogP contribution is 2.29. The van der Waals surface area contributed by atoms with Gasteiger partial charge in [0.1, 0.15) is 16.1 Å². The van der Waals surface area contributed by atoms with Crippen molar-refractivity contribution in [1.29, 1.82) is 0 Å². The van der Waals surface area contributed by atoms with E-state index in [0.717, 1.165) is 16.7 Å². The van der Waals surface area contributed by atoms with Crippen LogP contribution in [0.2, 0.25) is 10.3 Å². The zero-order valence-electron chi connectivity index (χ0n) is 18.8. The summed E-state index contributed by atoms with van der Waals surface area (Å²) in [5, 5.41) is 13.6. The number of anilines is 1. The van der Waals surface area contributed by atoms with Crippen molar-refractivity contribution in [3.8, 4) is 11.4 Å². The molecule has 1 atom stereocenters. The quantitative estimate of drug-likeness (QED) is 0.365. The maximum Gasteiger partial charge on any atom is 0.356 e. The third-order valence-electron chi connectivity index (χ3n) is 5.53. The van der Waals surface area contributed by atoms with Crippen LogP contribution in [0.25, 0.3) is 22.3 Å². The molecule has 10 heteroatoms. The van der Waals surface area contributed by atoms with Gasteiger partial charge in [0.2, 0.25) is 0 Å². The Balaban J connectivity index is 1.89. The molecule has 0 unspecified atom stereocenters. The zero-order chi connectivity index (χ0) is 24.7. The van der Waals surface area contributed by atoms with Gasteiger partial charge in [0, 0.05) is 24.4 Å². The van der Waals surface area contributed by atoms with Crippen molar-refractivity contribution >= 4 is 45.8 Å². The first kappa shape index (κ1) is 23.7. The highest BCUT2D eigenvalue weighted by Gasteiger charge is 2.20. The predicted molar refractivity (Wildman–Crippen MR) is 133 cm³/mol. The fourth-order valence-electron chi connectivity index (χ4n) is 3.85. The number of rotatable bonds is 5. The Labute approximate surface area is 205 Å². The summed E-state index contributed by atoms with van der Waals surface area (Å²) in [6.45, 7) is 5.59. The standard InChI is InChI=1S/C24H21Cl2N5O3/c1-11-7-15(13(3)28-17-5-6-18(25)29-20(17)24(33)34)19-16(8-11)23(32)31(4)22(30-19)14-9-12(2)21(26)27-10-14/h5-10,13,28H,1-4H3,(H,33,34)/t13-/m1/s1. The van der Waals surface area contributed by atoms with Crippen LogP contribution in [-0.2, 0) is 7.05 Å². The Hall–Kier alpha value is -3.49. The molecule has 4 aromatic rings. The van der Waals surface area contributed by atoms with Crippen molar-refractivity contribution in [1.82, 2.24) is 19.5 Å². The van der Waals surface area contributed by atoms with Crippen LogP contribution in [0.3, 0.4) is 0 Å². The SMILES string of the molecule is Cc1cc([C@@H](C)Nc2ccc(Cl)nc2C(=O)O)c2nc(-c3cnc(Cl)c(C)c3)n(C)c(=O)c2c1. The van der Waals surface area contributed by atoms with E-state index in [2.05, 4.69) is 15.3 Å². The van der Waals surface area contributed by atoms with Crippen LogP contribution in [0.15, 0.2) is 41.3 Å². The number of aryl methyl sites for hydroxylation is 2. The molecular formula is C24H21Cl2N5O3. The molecular weight excluding hydrogens is 477 g/mol. The van der Waals surface area contributed by atoms with Gasteiger partial charge in [0.05, 0.1) is 22.6 Å². The number of carbonyl (C=O) groups is 1. The van der Waals surface area contributed by atoms with Crippen molar-refractivity contribution in [2.24, 2.45) is 7.05 Å². The number of carboxylic acids is 1. The fraction of sp³-hybridized carbons (Fsp3) is 0.208. The maximum absolute atomic E-state index is 13.3. The van der Waals surface area contributed by atoms with E-state index in [1.54, 1.807) is 25.4 Å². The third kappa shape index (κ3) is 4.34. The van der Waals surface area contributed by atoms with E-state index in [0.29, 0.717) is 33.1 Å². The lowest BCUT2D eigenvalue weighted by Crippen LogP contribution is -2.22. The lowest BCUT2D eigenvalue weighted by atomic mass is 10.0. The van der Waals surface area contributed by atoms with Gasteiger partial charge in [-0.2, -0.15) is 0 Å². The van der Waals surface area contributed by atoms with Crippen LogP contribution >= 0.6 is 23.2 Å². The number of hydrogen-bond donors (Lipinski definition) is 2. The number of carboxylic acid groups (broad SMARTS) is 1. The van der Waals surface area contributed by atoms with Gasteiger partial charge >= 0.3 is 5.97 Å². The Morgan fingerprint density at radius 1 is 1.15 bits per heavy atom. The van der Waals surface area contributed by atoms with Crippen molar-refractivity contribution in [3.63, 3.8) is 0 Å². The van der Waals surface area contributed by atoms with Gasteiger partial charge in [-0.05, 0) is 56.2 Å². The van der Waals surface area contributed by atoms with E-state index < -0.39 is 12.0 Å². The Morgan fingerprint density at radius 3 is 2.56 bits per heavy atom. The summed E-state index contributed by atoms with van der Waals surface area (Å²) >= 11 is 12.0. The largest absolute Gasteiger partial charge is 0.476 e. The van der Waals surface area contributed by atoms with Gasteiger partial charge in [-0.15, -0.1) is 0 Å². The number of halogens is 2. The van der Waals surface area contributed by atoms with Crippen LogP contribution in [0.5, 0.6) is 0 Å². The van der Waals surface area contributed by atoms with Crippen LogP contribution in [0.1, 0.15) is 40.1 Å². The molecule has 0 saturated heterocycles. The molecule has 0 aliphatic rings. The van der Waals surface area contributed by atoms with Crippen LogP contribution < -0.4 is 10.9 Å². The van der Waals surface area contributed by atoms with Gasteiger partial charge < -0.3 is 10.4 Å². The molecule has 1 aromatic carbocycles. The van der Waals surface area contributed by atoms with Crippen LogP contribution in [0.4, 0.5) is 5.69 Å². The van der Waals surface area contributed by atoms with Crippen LogP contribution in [0, 0.1) is 13.8 Å². The maximum atomic E-state index is 13.3. The minimum absolute atomic E-state index is 0.0817. The molecule has 3 aromatic heterocycles. The van der Waals surface area contributed by atoms with E-state index in [1.807, 2.05) is 32.9 Å². The highest BCUT2D eigenvalue weighted by molar-refractivity contribution is 6.30. The molecule has 3 heterocycles. The van der Waals surface area contributed by atoms with Crippen molar-refractivity contribution in [2.75, 3.05) is 5.32 Å². The summed E-state index contributed by atoms with van der Waals surface area (Å²) in [6.07, 6.45) is 1.58. The average Bonchev–Trinajstić information content (AvgIpc) is 2.79. The molecule has 8 nitrogen and oxygen atoms in total. The second-order valence-electron chi connectivity index (χ2n) is 8.08. The van der Waals surface area contributed by atoms with Gasteiger partial charge in [-0.25, -0.2) is 19.7 Å². The lowest BCUT2D eigenvalue weighted by Gasteiger charge is -2.20. The summed E-state index contributed by atoms with van der Waals surface area (Å²) in [7, 11) is 1.66. The summed E-state index contributed by atoms with van der Waals surface area (Å²) in [5.41, 5.74) is 3.46. The van der Waals surface area contributed by atoms with Crippen molar-refractivity contribution in [2.45, 2.75) is 26.8 Å². The number of fused-ring (bicyclic) bond motifs is 1. The third-order valence-corrected chi connectivity index (χ3v) is 6.14. The summed E-state index contributed by atoms with van der Waals surface area (Å²) in [4.78, 5) is 37.9.